The van der Waals surface area contributed by atoms with Gasteiger partial charge in [0.25, 0.3) is 11.8 Å². The van der Waals surface area contributed by atoms with Gasteiger partial charge in [-0.1, -0.05) is 59.6 Å². The van der Waals surface area contributed by atoms with Crippen molar-refractivity contribution < 1.29 is 14.4 Å². The lowest BCUT2D eigenvalue weighted by molar-refractivity contribution is -0.136. The highest BCUT2D eigenvalue weighted by Crippen LogP contribution is 2.40. The molecule has 0 aromatic heterocycles. The molecule has 3 aromatic carbocycles. The number of hydrogen-bond donors (Lipinski definition) is 1. The molecule has 0 unspecified atom stereocenters. The normalized spacial score (nSPS) is 16.8. The van der Waals surface area contributed by atoms with Gasteiger partial charge in [0.05, 0.1) is 17.3 Å². The molecule has 2 aliphatic heterocycles. The van der Waals surface area contributed by atoms with Gasteiger partial charge in [-0.15, -0.1) is 0 Å². The van der Waals surface area contributed by atoms with Crippen molar-refractivity contribution in [1.29, 1.82) is 0 Å². The van der Waals surface area contributed by atoms with Gasteiger partial charge in [-0.3, -0.25) is 14.4 Å². The van der Waals surface area contributed by atoms with E-state index in [4.69, 9.17) is 11.6 Å². The number of piperidine rings is 1. The van der Waals surface area contributed by atoms with Crippen LogP contribution in [-0.2, 0) is 9.59 Å². The first kappa shape index (κ1) is 24.8. The number of nitrogens with one attached hydrogen (secondary N) is 1. The van der Waals surface area contributed by atoms with Crippen LogP contribution in [0.2, 0.25) is 5.02 Å². The van der Waals surface area contributed by atoms with Crippen LogP contribution in [0.1, 0.15) is 28.8 Å². The molecule has 1 spiro atoms. The van der Waals surface area contributed by atoms with Crippen molar-refractivity contribution in [2.75, 3.05) is 36.5 Å². The number of para-hydroxylation sites is 1. The summed E-state index contributed by atoms with van der Waals surface area (Å²) in [5.74, 6) is -0.458. The smallest absolute Gasteiger partial charge is 0.255 e. The Hall–Kier alpha value is -3.84. The molecule has 0 radical (unpaired) electrons. The fraction of sp³-hybridized carbons (Fsp3) is 0.276. The van der Waals surface area contributed by atoms with Gasteiger partial charge in [0.2, 0.25) is 5.91 Å². The van der Waals surface area contributed by atoms with Crippen LogP contribution >= 0.6 is 11.6 Å². The van der Waals surface area contributed by atoms with E-state index in [1.165, 1.54) is 0 Å². The number of amides is 3. The monoisotopic (exact) mass is 516 g/mol. The average molecular weight is 517 g/mol. The number of hydrogen-bond acceptors (Lipinski definition) is 4. The third-order valence-electron chi connectivity index (χ3n) is 7.23. The maximum Gasteiger partial charge on any atom is 0.255 e. The lowest BCUT2D eigenvalue weighted by Gasteiger charge is -2.43. The summed E-state index contributed by atoms with van der Waals surface area (Å²) in [7, 11) is 0. The molecular weight excluding hydrogens is 488 g/mol. The Morgan fingerprint density at radius 1 is 0.919 bits per heavy atom. The fourth-order valence-corrected chi connectivity index (χ4v) is 5.43. The molecule has 2 heterocycles. The summed E-state index contributed by atoms with van der Waals surface area (Å²) in [5.41, 5.74) is 2.37. The van der Waals surface area contributed by atoms with Crippen LogP contribution in [0.25, 0.3) is 0 Å². The first-order valence-corrected chi connectivity index (χ1v) is 12.8. The molecule has 8 heteroatoms. The van der Waals surface area contributed by atoms with Gasteiger partial charge in [0.15, 0.2) is 0 Å². The standard InChI is InChI=1S/C29H29ClN4O3/c1-21-11-13-22(14-12-21)31-26(35)19-33-20-34(23-7-3-2-4-8-23)29(28(33)37)15-17-32(18-16-29)27(36)24-9-5-6-10-25(24)30/h2-14H,15-20H2,1H3,(H,31,35). The largest absolute Gasteiger partial charge is 0.339 e. The van der Waals surface area contributed by atoms with E-state index in [1.807, 2.05) is 61.5 Å². The van der Waals surface area contributed by atoms with Crippen molar-refractivity contribution in [3.8, 4) is 0 Å². The van der Waals surface area contributed by atoms with Crippen molar-refractivity contribution in [1.82, 2.24) is 9.80 Å². The molecule has 2 fully saturated rings. The molecule has 7 nitrogen and oxygen atoms in total. The number of likely N-dealkylation sites (tertiary alicyclic amines) is 1. The minimum Gasteiger partial charge on any atom is -0.339 e. The van der Waals surface area contributed by atoms with Gasteiger partial charge in [0.1, 0.15) is 12.1 Å². The summed E-state index contributed by atoms with van der Waals surface area (Å²) >= 11 is 6.26. The van der Waals surface area contributed by atoms with Crippen LogP contribution in [0.15, 0.2) is 78.9 Å². The molecule has 2 aliphatic rings. The Bertz CT molecular complexity index is 1300. The molecule has 0 bridgehead atoms. The minimum atomic E-state index is -0.817. The van der Waals surface area contributed by atoms with Crippen LogP contribution in [0.3, 0.4) is 0 Å². The van der Waals surface area contributed by atoms with Gasteiger partial charge < -0.3 is 20.0 Å². The Morgan fingerprint density at radius 2 is 1.57 bits per heavy atom. The van der Waals surface area contributed by atoms with Gasteiger partial charge >= 0.3 is 0 Å². The molecule has 3 aromatic rings. The molecule has 190 valence electrons. The number of rotatable bonds is 5. The summed E-state index contributed by atoms with van der Waals surface area (Å²) in [4.78, 5) is 45.3. The number of aryl methyl sites for hydroxylation is 1. The quantitative estimate of drug-likeness (QED) is 0.539. The number of benzene rings is 3. The summed E-state index contributed by atoms with van der Waals surface area (Å²) in [6.07, 6.45) is 0.931. The van der Waals surface area contributed by atoms with Gasteiger partial charge in [-0.05, 0) is 56.2 Å². The van der Waals surface area contributed by atoms with Gasteiger partial charge in [0, 0.05) is 24.5 Å². The van der Waals surface area contributed by atoms with Crippen molar-refractivity contribution in [2.24, 2.45) is 0 Å². The number of halogens is 1. The Kier molecular flexibility index (Phi) is 6.89. The van der Waals surface area contributed by atoms with E-state index in [9.17, 15) is 14.4 Å². The molecule has 0 aliphatic carbocycles. The third kappa shape index (κ3) is 4.91. The second-order valence-electron chi connectivity index (χ2n) is 9.63. The van der Waals surface area contributed by atoms with Crippen LogP contribution in [-0.4, -0.2) is 59.4 Å². The van der Waals surface area contributed by atoms with Crippen molar-refractivity contribution >= 4 is 40.7 Å². The zero-order valence-electron chi connectivity index (χ0n) is 20.7. The predicted octanol–water partition coefficient (Wildman–Crippen LogP) is 4.57. The second-order valence-corrected chi connectivity index (χ2v) is 10.0. The number of carbonyl (C=O) groups is 3. The Labute approximate surface area is 221 Å². The van der Waals surface area contributed by atoms with Crippen LogP contribution in [0.4, 0.5) is 11.4 Å². The first-order valence-electron chi connectivity index (χ1n) is 12.4. The van der Waals surface area contributed by atoms with Crippen molar-refractivity contribution in [3.05, 3.63) is 95.0 Å². The first-order chi connectivity index (χ1) is 17.9. The third-order valence-corrected chi connectivity index (χ3v) is 7.56. The summed E-state index contributed by atoms with van der Waals surface area (Å²) in [6, 6.07) is 24.4. The fourth-order valence-electron chi connectivity index (χ4n) is 5.22. The Balaban J connectivity index is 1.34. The van der Waals surface area contributed by atoms with E-state index in [0.717, 1.165) is 11.3 Å². The Morgan fingerprint density at radius 3 is 2.24 bits per heavy atom. The minimum absolute atomic E-state index is 0.0416. The van der Waals surface area contributed by atoms with Crippen LogP contribution in [0.5, 0.6) is 0 Å². The summed E-state index contributed by atoms with van der Waals surface area (Å²) < 4.78 is 0. The van der Waals surface area contributed by atoms with E-state index in [1.54, 1.807) is 34.1 Å². The predicted molar refractivity (Wildman–Crippen MR) is 145 cm³/mol. The van der Waals surface area contributed by atoms with Crippen LogP contribution < -0.4 is 10.2 Å². The zero-order valence-corrected chi connectivity index (χ0v) is 21.4. The highest BCUT2D eigenvalue weighted by Gasteiger charge is 2.54. The number of anilines is 2. The van der Waals surface area contributed by atoms with Gasteiger partial charge in [-0.25, -0.2) is 0 Å². The number of nitrogens with zero attached hydrogens (tertiary/aromatic N) is 3. The summed E-state index contributed by atoms with van der Waals surface area (Å²) in [5, 5.41) is 3.31. The molecule has 2 saturated heterocycles. The molecule has 3 amide bonds. The molecule has 5 rings (SSSR count). The van der Waals surface area contributed by atoms with E-state index >= 15 is 0 Å². The van der Waals surface area contributed by atoms with E-state index in [-0.39, 0.29) is 24.3 Å². The second kappa shape index (κ2) is 10.3. The topological polar surface area (TPSA) is 73.0 Å². The maximum atomic E-state index is 13.9. The zero-order chi connectivity index (χ0) is 26.0. The summed E-state index contributed by atoms with van der Waals surface area (Å²) in [6.45, 7) is 3.09. The molecule has 0 atom stereocenters. The lowest BCUT2D eigenvalue weighted by atomic mass is 9.85. The van der Waals surface area contributed by atoms with Crippen LogP contribution in [0, 0.1) is 6.92 Å². The SMILES string of the molecule is Cc1ccc(NC(=O)CN2CN(c3ccccc3)C3(CCN(C(=O)c4ccccc4Cl)CC3)C2=O)cc1. The molecule has 1 N–H and O–H groups in total. The number of carbonyl (C=O) groups excluding carboxylic acids is 3. The van der Waals surface area contributed by atoms with Crippen molar-refractivity contribution in [3.63, 3.8) is 0 Å². The lowest BCUT2D eigenvalue weighted by Crippen LogP contribution is -2.57. The molecular formula is C29H29ClN4O3. The average Bonchev–Trinajstić information content (AvgIpc) is 3.17. The van der Waals surface area contributed by atoms with E-state index in [2.05, 4.69) is 10.2 Å². The molecule has 0 saturated carbocycles. The maximum absolute atomic E-state index is 13.9. The molecule has 37 heavy (non-hydrogen) atoms. The highest BCUT2D eigenvalue weighted by atomic mass is 35.5. The van der Waals surface area contributed by atoms with E-state index in [0.29, 0.717) is 48.9 Å². The highest BCUT2D eigenvalue weighted by molar-refractivity contribution is 6.33. The van der Waals surface area contributed by atoms with E-state index < -0.39 is 5.54 Å². The van der Waals surface area contributed by atoms with Crippen molar-refractivity contribution in [2.45, 2.75) is 25.3 Å². The van der Waals surface area contributed by atoms with Gasteiger partial charge in [-0.2, -0.15) is 0 Å².